The summed E-state index contributed by atoms with van der Waals surface area (Å²) in [6.45, 7) is -0.180. The van der Waals surface area contributed by atoms with Crippen molar-refractivity contribution in [3.8, 4) is 0 Å². The van der Waals surface area contributed by atoms with Gasteiger partial charge in [0.15, 0.2) is 5.40 Å². The lowest BCUT2D eigenvalue weighted by atomic mass is 10.5. The maximum absolute atomic E-state index is 10.5. The molecule has 0 radical (unpaired) electrons. The van der Waals surface area contributed by atoms with E-state index in [0.717, 1.165) is 0 Å². The molecule has 0 aliphatic rings. The van der Waals surface area contributed by atoms with Gasteiger partial charge in [0.2, 0.25) is 0 Å². The topological polar surface area (TPSA) is 141 Å². The van der Waals surface area contributed by atoms with Crippen molar-refractivity contribution in [2.45, 2.75) is 11.8 Å². The predicted octanol–water partition coefficient (Wildman–Crippen LogP) is -0.983. The molecule has 0 aromatic rings. The first kappa shape index (κ1) is 12.3. The fraction of sp³-hybridized carbons (Fsp3) is 1.00. The van der Waals surface area contributed by atoms with Gasteiger partial charge in [-0.05, 0) is 13.0 Å². The molecule has 74 valence electrons. The lowest BCUT2D eigenvalue weighted by molar-refractivity contribution is 0.336. The normalized spacial score (nSPS) is 13.8. The van der Waals surface area contributed by atoms with Crippen LogP contribution in [0.15, 0.2) is 0 Å². The highest BCUT2D eigenvalue weighted by atomic mass is 31.2. The summed E-state index contributed by atoms with van der Waals surface area (Å²) in [5.74, 6) is 0. The molecule has 9 heteroatoms. The minimum Gasteiger partial charge on any atom is -0.330 e. The van der Waals surface area contributed by atoms with Gasteiger partial charge in [-0.15, -0.1) is 0 Å². The van der Waals surface area contributed by atoms with Crippen LogP contribution in [0.3, 0.4) is 0 Å². The Bertz CT molecular complexity index is 207. The van der Waals surface area contributed by atoms with Crippen molar-refractivity contribution in [3.63, 3.8) is 0 Å². The van der Waals surface area contributed by atoms with Crippen LogP contribution < -0.4 is 5.73 Å². The van der Waals surface area contributed by atoms with E-state index in [1.165, 1.54) is 0 Å². The highest BCUT2D eigenvalue weighted by Gasteiger charge is 2.42. The monoisotopic (exact) mass is 219 g/mol. The molecule has 7 nitrogen and oxygen atoms in total. The standard InChI is InChI=1S/C3H11NO6P2/c4-2-1-3(11(5,6)7)12(8,9)10/h3H,1-2,4H2,(H2,5,6,7)(H2,8,9,10). The number of hydrogen-bond donors (Lipinski definition) is 5. The molecule has 0 aromatic heterocycles. The van der Waals surface area contributed by atoms with Crippen molar-refractivity contribution >= 4 is 15.2 Å². The smallest absolute Gasteiger partial charge is 0.330 e. The first-order valence-electron chi connectivity index (χ1n) is 3.00. The van der Waals surface area contributed by atoms with Gasteiger partial charge in [0.25, 0.3) is 0 Å². The third kappa shape index (κ3) is 3.78. The summed E-state index contributed by atoms with van der Waals surface area (Å²) < 4.78 is 21.0. The molecule has 0 aliphatic heterocycles. The van der Waals surface area contributed by atoms with E-state index in [9.17, 15) is 9.13 Å². The van der Waals surface area contributed by atoms with Crippen molar-refractivity contribution in [3.05, 3.63) is 0 Å². The van der Waals surface area contributed by atoms with Crippen LogP contribution in [0.1, 0.15) is 6.42 Å². The van der Waals surface area contributed by atoms with E-state index in [0.29, 0.717) is 0 Å². The Morgan fingerprint density at radius 1 is 1.08 bits per heavy atom. The first-order valence-corrected chi connectivity index (χ1v) is 6.36. The van der Waals surface area contributed by atoms with Crippen molar-refractivity contribution in [2.24, 2.45) is 5.73 Å². The summed E-state index contributed by atoms with van der Waals surface area (Å²) in [6, 6.07) is 0. The highest BCUT2D eigenvalue weighted by Crippen LogP contribution is 2.60. The zero-order valence-electron chi connectivity index (χ0n) is 6.07. The fourth-order valence-electron chi connectivity index (χ4n) is 0.681. The largest absolute Gasteiger partial charge is 0.340 e. The molecular formula is C3H11NO6P2. The fourth-order valence-corrected chi connectivity index (χ4v) is 3.22. The van der Waals surface area contributed by atoms with Gasteiger partial charge in [0, 0.05) is 0 Å². The minimum absolute atomic E-state index is 0.180. The van der Waals surface area contributed by atoms with Crippen LogP contribution in [0.2, 0.25) is 0 Å². The summed E-state index contributed by atoms with van der Waals surface area (Å²) in [7, 11) is -9.51. The molecule has 0 unspecified atom stereocenters. The SMILES string of the molecule is NCCC(P(=O)(O)O)P(=O)(O)O. The molecule has 0 aromatic carbocycles. The predicted molar refractivity (Wildman–Crippen MR) is 41.5 cm³/mol. The average molecular weight is 219 g/mol. The van der Waals surface area contributed by atoms with Gasteiger partial charge < -0.3 is 25.3 Å². The molecule has 0 spiro atoms. The first-order chi connectivity index (χ1) is 5.19. The van der Waals surface area contributed by atoms with Gasteiger partial charge in [0.1, 0.15) is 0 Å². The Morgan fingerprint density at radius 2 is 1.42 bits per heavy atom. The Balaban J connectivity index is 4.70. The van der Waals surface area contributed by atoms with Crippen molar-refractivity contribution in [1.29, 1.82) is 0 Å². The Morgan fingerprint density at radius 3 is 1.50 bits per heavy atom. The number of rotatable bonds is 4. The van der Waals surface area contributed by atoms with Crippen LogP contribution in [0.4, 0.5) is 0 Å². The average Bonchev–Trinajstić information content (AvgIpc) is 1.77. The van der Waals surface area contributed by atoms with E-state index in [-0.39, 0.29) is 6.54 Å². The van der Waals surface area contributed by atoms with E-state index < -0.39 is 27.0 Å². The summed E-state index contributed by atoms with van der Waals surface area (Å²) in [5.41, 5.74) is 4.94. The van der Waals surface area contributed by atoms with Gasteiger partial charge in [-0.25, -0.2) is 0 Å². The number of nitrogens with two attached hydrogens (primary N) is 1. The maximum atomic E-state index is 10.5. The highest BCUT2D eigenvalue weighted by molar-refractivity contribution is 7.70. The zero-order valence-corrected chi connectivity index (χ0v) is 7.86. The Labute approximate surface area is 68.9 Å². The lowest BCUT2D eigenvalue weighted by Crippen LogP contribution is -2.14. The second kappa shape index (κ2) is 3.98. The summed E-state index contributed by atoms with van der Waals surface area (Å²) in [6.07, 6.45) is -0.394. The van der Waals surface area contributed by atoms with Crippen LogP contribution in [-0.2, 0) is 9.13 Å². The van der Waals surface area contributed by atoms with E-state index in [2.05, 4.69) is 0 Å². The van der Waals surface area contributed by atoms with Crippen LogP contribution in [0.25, 0.3) is 0 Å². The summed E-state index contributed by atoms with van der Waals surface area (Å²) in [4.78, 5) is 34.0. The molecule has 0 atom stereocenters. The molecule has 0 saturated carbocycles. The second-order valence-corrected chi connectivity index (χ2v) is 6.25. The molecule has 0 amide bonds. The van der Waals surface area contributed by atoms with E-state index >= 15 is 0 Å². The molecule has 0 saturated heterocycles. The molecular weight excluding hydrogens is 208 g/mol. The molecule has 12 heavy (non-hydrogen) atoms. The van der Waals surface area contributed by atoms with Crippen molar-refractivity contribution in [2.75, 3.05) is 6.54 Å². The maximum Gasteiger partial charge on any atom is 0.340 e. The van der Waals surface area contributed by atoms with E-state index in [1.54, 1.807) is 0 Å². The summed E-state index contributed by atoms with van der Waals surface area (Å²) in [5, 5.41) is -1.96. The van der Waals surface area contributed by atoms with Crippen LogP contribution in [0.5, 0.6) is 0 Å². The van der Waals surface area contributed by atoms with Crippen LogP contribution >= 0.6 is 15.2 Å². The van der Waals surface area contributed by atoms with Gasteiger partial charge in [-0.1, -0.05) is 0 Å². The van der Waals surface area contributed by atoms with Crippen LogP contribution in [0, 0.1) is 0 Å². The molecule has 0 rings (SSSR count). The molecule has 0 aliphatic carbocycles. The van der Waals surface area contributed by atoms with Crippen molar-refractivity contribution < 1.29 is 28.7 Å². The zero-order chi connectivity index (χ0) is 9.99. The van der Waals surface area contributed by atoms with Gasteiger partial charge in [0.05, 0.1) is 0 Å². The van der Waals surface area contributed by atoms with Gasteiger partial charge in [-0.2, -0.15) is 0 Å². The number of hydrogen-bond acceptors (Lipinski definition) is 3. The van der Waals surface area contributed by atoms with Gasteiger partial charge >= 0.3 is 15.2 Å². The third-order valence-corrected chi connectivity index (χ3v) is 5.08. The minimum atomic E-state index is -4.76. The lowest BCUT2D eigenvalue weighted by Gasteiger charge is -2.18. The Hall–Kier alpha value is 0.260. The Kier molecular flexibility index (Phi) is 4.07. The van der Waals surface area contributed by atoms with Crippen molar-refractivity contribution in [1.82, 2.24) is 0 Å². The quantitative estimate of drug-likeness (QED) is 0.382. The third-order valence-electron chi connectivity index (χ3n) is 1.20. The van der Waals surface area contributed by atoms with E-state index in [1.807, 2.05) is 0 Å². The second-order valence-electron chi connectivity index (χ2n) is 2.24. The molecule has 6 N–H and O–H groups in total. The summed E-state index contributed by atoms with van der Waals surface area (Å²) >= 11 is 0. The molecule has 0 fully saturated rings. The van der Waals surface area contributed by atoms with E-state index in [4.69, 9.17) is 25.3 Å². The molecule has 0 bridgehead atoms. The van der Waals surface area contributed by atoms with Gasteiger partial charge in [-0.3, -0.25) is 9.13 Å². The molecule has 0 heterocycles. The van der Waals surface area contributed by atoms with Crippen LogP contribution in [-0.4, -0.2) is 31.5 Å².